The van der Waals surface area contributed by atoms with Crippen molar-refractivity contribution in [2.24, 2.45) is 0 Å². The minimum Gasteiger partial charge on any atom is -0.494 e. The first kappa shape index (κ1) is 14.2. The lowest BCUT2D eigenvalue weighted by Crippen LogP contribution is -2.10. The van der Waals surface area contributed by atoms with Crippen molar-refractivity contribution in [2.75, 3.05) is 30.9 Å². The van der Waals surface area contributed by atoms with Gasteiger partial charge in [-0.1, -0.05) is 12.1 Å². The predicted molar refractivity (Wildman–Crippen MR) is 83.5 cm³/mol. The van der Waals surface area contributed by atoms with Gasteiger partial charge >= 0.3 is 0 Å². The van der Waals surface area contributed by atoms with Crippen LogP contribution in [0, 0.1) is 0 Å². The van der Waals surface area contributed by atoms with Crippen molar-refractivity contribution in [1.82, 2.24) is 4.98 Å². The SMILES string of the molecule is CCOc1ccc(CNc2ccc(N(C)C)nc2)cc1. The molecule has 4 nitrogen and oxygen atoms in total. The Morgan fingerprint density at radius 1 is 1.10 bits per heavy atom. The first-order valence-electron chi connectivity index (χ1n) is 6.78. The standard InChI is InChI=1S/C16H21N3O/c1-4-20-15-8-5-13(6-9-15)11-17-14-7-10-16(18-12-14)19(2)3/h5-10,12,17H,4,11H2,1-3H3. The Morgan fingerprint density at radius 3 is 2.40 bits per heavy atom. The van der Waals surface area contributed by atoms with Crippen molar-refractivity contribution in [2.45, 2.75) is 13.5 Å². The Balaban J connectivity index is 1.91. The summed E-state index contributed by atoms with van der Waals surface area (Å²) < 4.78 is 5.42. The second kappa shape index (κ2) is 6.80. The maximum absolute atomic E-state index is 5.42. The Morgan fingerprint density at radius 2 is 1.85 bits per heavy atom. The summed E-state index contributed by atoms with van der Waals surface area (Å²) in [6.07, 6.45) is 1.85. The molecule has 0 amide bonds. The molecule has 20 heavy (non-hydrogen) atoms. The van der Waals surface area contributed by atoms with Gasteiger partial charge in [0.15, 0.2) is 0 Å². The lowest BCUT2D eigenvalue weighted by atomic mass is 10.2. The highest BCUT2D eigenvalue weighted by Gasteiger charge is 1.98. The molecule has 0 atom stereocenters. The van der Waals surface area contributed by atoms with Gasteiger partial charge in [-0.2, -0.15) is 0 Å². The molecule has 0 aliphatic rings. The Kier molecular flexibility index (Phi) is 4.82. The fraction of sp³-hybridized carbons (Fsp3) is 0.312. The van der Waals surface area contributed by atoms with E-state index >= 15 is 0 Å². The van der Waals surface area contributed by atoms with E-state index in [2.05, 4.69) is 22.4 Å². The Labute approximate surface area is 120 Å². The summed E-state index contributed by atoms with van der Waals surface area (Å²) in [6.45, 7) is 3.46. The number of rotatable bonds is 6. The molecule has 0 spiro atoms. The van der Waals surface area contributed by atoms with Gasteiger partial charge in [-0.15, -0.1) is 0 Å². The number of nitrogens with one attached hydrogen (secondary N) is 1. The van der Waals surface area contributed by atoms with Crippen LogP contribution in [-0.2, 0) is 6.54 Å². The molecule has 1 heterocycles. The van der Waals surface area contributed by atoms with E-state index < -0.39 is 0 Å². The fourth-order valence-electron chi connectivity index (χ4n) is 1.83. The van der Waals surface area contributed by atoms with Gasteiger partial charge in [-0.05, 0) is 36.8 Å². The van der Waals surface area contributed by atoms with Crippen molar-refractivity contribution in [3.05, 3.63) is 48.2 Å². The summed E-state index contributed by atoms with van der Waals surface area (Å²) in [5.74, 6) is 1.87. The van der Waals surface area contributed by atoms with E-state index in [9.17, 15) is 0 Å². The number of ether oxygens (including phenoxy) is 1. The van der Waals surface area contributed by atoms with Crippen LogP contribution >= 0.6 is 0 Å². The van der Waals surface area contributed by atoms with Crippen molar-refractivity contribution in [1.29, 1.82) is 0 Å². The normalized spacial score (nSPS) is 10.2. The summed E-state index contributed by atoms with van der Waals surface area (Å²) in [5, 5.41) is 3.36. The van der Waals surface area contributed by atoms with Crippen molar-refractivity contribution < 1.29 is 4.74 Å². The Hall–Kier alpha value is -2.23. The molecule has 0 aliphatic heterocycles. The topological polar surface area (TPSA) is 37.4 Å². The van der Waals surface area contributed by atoms with Gasteiger partial charge in [-0.25, -0.2) is 4.98 Å². The molecule has 0 saturated carbocycles. The van der Waals surface area contributed by atoms with E-state index in [1.807, 2.05) is 56.4 Å². The van der Waals surface area contributed by atoms with Crippen LogP contribution in [0.15, 0.2) is 42.6 Å². The minimum absolute atomic E-state index is 0.696. The third-order valence-corrected chi connectivity index (χ3v) is 2.94. The molecule has 4 heteroatoms. The van der Waals surface area contributed by atoms with Crippen LogP contribution in [0.5, 0.6) is 5.75 Å². The minimum atomic E-state index is 0.696. The van der Waals surface area contributed by atoms with Crippen molar-refractivity contribution >= 4 is 11.5 Å². The fourth-order valence-corrected chi connectivity index (χ4v) is 1.83. The number of hydrogen-bond donors (Lipinski definition) is 1. The number of anilines is 2. The van der Waals surface area contributed by atoms with Gasteiger partial charge in [0.1, 0.15) is 11.6 Å². The maximum Gasteiger partial charge on any atom is 0.128 e. The van der Waals surface area contributed by atoms with Crippen LogP contribution in [0.25, 0.3) is 0 Å². The summed E-state index contributed by atoms with van der Waals surface area (Å²) >= 11 is 0. The van der Waals surface area contributed by atoms with E-state index in [0.717, 1.165) is 23.8 Å². The molecule has 106 valence electrons. The largest absolute Gasteiger partial charge is 0.494 e. The molecule has 1 N–H and O–H groups in total. The van der Waals surface area contributed by atoms with Gasteiger partial charge in [0, 0.05) is 20.6 Å². The van der Waals surface area contributed by atoms with Crippen LogP contribution in [0.4, 0.5) is 11.5 Å². The smallest absolute Gasteiger partial charge is 0.128 e. The summed E-state index contributed by atoms with van der Waals surface area (Å²) in [6, 6.07) is 12.2. The van der Waals surface area contributed by atoms with Gasteiger partial charge in [-0.3, -0.25) is 0 Å². The summed E-state index contributed by atoms with van der Waals surface area (Å²) in [4.78, 5) is 6.35. The van der Waals surface area contributed by atoms with Crippen LogP contribution in [-0.4, -0.2) is 25.7 Å². The number of benzene rings is 1. The van der Waals surface area contributed by atoms with Gasteiger partial charge in [0.05, 0.1) is 18.5 Å². The molecule has 0 radical (unpaired) electrons. The second-order valence-corrected chi connectivity index (χ2v) is 4.73. The lowest BCUT2D eigenvalue weighted by Gasteiger charge is -2.12. The average molecular weight is 271 g/mol. The van der Waals surface area contributed by atoms with Gasteiger partial charge in [0.25, 0.3) is 0 Å². The quantitative estimate of drug-likeness (QED) is 0.875. The van der Waals surface area contributed by atoms with E-state index in [1.165, 1.54) is 5.56 Å². The molecular weight excluding hydrogens is 250 g/mol. The van der Waals surface area contributed by atoms with Crippen LogP contribution < -0.4 is 15.0 Å². The average Bonchev–Trinajstić information content (AvgIpc) is 2.47. The highest BCUT2D eigenvalue weighted by atomic mass is 16.5. The van der Waals surface area contributed by atoms with E-state index in [-0.39, 0.29) is 0 Å². The molecule has 0 saturated heterocycles. The van der Waals surface area contributed by atoms with Crippen molar-refractivity contribution in [3.63, 3.8) is 0 Å². The van der Waals surface area contributed by atoms with Gasteiger partial charge in [0.2, 0.25) is 0 Å². The monoisotopic (exact) mass is 271 g/mol. The molecule has 1 aromatic carbocycles. The molecule has 0 bridgehead atoms. The number of aromatic nitrogens is 1. The molecule has 1 aromatic heterocycles. The Bertz CT molecular complexity index is 520. The zero-order valence-corrected chi connectivity index (χ0v) is 12.3. The van der Waals surface area contributed by atoms with Crippen LogP contribution in [0.1, 0.15) is 12.5 Å². The predicted octanol–water partition coefficient (Wildman–Crippen LogP) is 3.16. The first-order chi connectivity index (χ1) is 9.69. The number of pyridine rings is 1. The van der Waals surface area contributed by atoms with E-state index in [0.29, 0.717) is 6.61 Å². The molecule has 2 rings (SSSR count). The second-order valence-electron chi connectivity index (χ2n) is 4.73. The maximum atomic E-state index is 5.42. The zero-order valence-electron chi connectivity index (χ0n) is 12.3. The van der Waals surface area contributed by atoms with Crippen LogP contribution in [0.2, 0.25) is 0 Å². The summed E-state index contributed by atoms with van der Waals surface area (Å²) in [5.41, 5.74) is 2.23. The molecule has 2 aromatic rings. The number of nitrogens with zero attached hydrogens (tertiary/aromatic N) is 2. The summed E-state index contributed by atoms with van der Waals surface area (Å²) in [7, 11) is 3.96. The highest BCUT2D eigenvalue weighted by Crippen LogP contribution is 2.15. The molecule has 0 unspecified atom stereocenters. The molecular formula is C16H21N3O. The third-order valence-electron chi connectivity index (χ3n) is 2.94. The zero-order chi connectivity index (χ0) is 14.4. The van der Waals surface area contributed by atoms with Gasteiger partial charge < -0.3 is 15.0 Å². The number of hydrogen-bond acceptors (Lipinski definition) is 4. The highest BCUT2D eigenvalue weighted by molar-refractivity contribution is 5.48. The van der Waals surface area contributed by atoms with Crippen molar-refractivity contribution in [3.8, 4) is 5.75 Å². The lowest BCUT2D eigenvalue weighted by molar-refractivity contribution is 0.340. The first-order valence-corrected chi connectivity index (χ1v) is 6.78. The van der Waals surface area contributed by atoms with E-state index in [1.54, 1.807) is 0 Å². The third kappa shape index (κ3) is 3.88. The van der Waals surface area contributed by atoms with E-state index in [4.69, 9.17) is 4.74 Å². The molecule has 0 fully saturated rings. The van der Waals surface area contributed by atoms with Crippen LogP contribution in [0.3, 0.4) is 0 Å². The molecule has 0 aliphatic carbocycles.